The Morgan fingerprint density at radius 1 is 1.40 bits per heavy atom. The molecule has 1 atom stereocenters. The molecule has 2 aromatic rings. The molecule has 7 heteroatoms. The third kappa shape index (κ3) is 4.71. The summed E-state index contributed by atoms with van der Waals surface area (Å²) in [5.41, 5.74) is -0.674. The minimum Gasteiger partial charge on any atom is -0.490 e. The first-order chi connectivity index (χ1) is 11.9. The monoisotopic (exact) mass is 355 g/mol. The normalized spacial score (nSPS) is 12.4. The molecule has 0 saturated heterocycles. The van der Waals surface area contributed by atoms with E-state index in [2.05, 4.69) is 10.2 Å². The fourth-order valence-electron chi connectivity index (χ4n) is 1.86. The lowest BCUT2D eigenvalue weighted by atomic mass is 10.1. The maximum Gasteiger partial charge on any atom is 0.259 e. The highest BCUT2D eigenvalue weighted by Gasteiger charge is 2.31. The van der Waals surface area contributed by atoms with Gasteiger partial charge in [-0.1, -0.05) is 17.7 Å². The summed E-state index contributed by atoms with van der Waals surface area (Å²) >= 11 is 5.92. The maximum atomic E-state index is 12.2. The standard InChI is InChI=1S/C18H14ClN3O3/c1-18(24,11-25-14-6-3-12(10-20)4-7-14)17(23)22-13-5-8-16(21-2)15(19)9-13/h3-9,24H,11H2,1H3,(H,22,23). The van der Waals surface area contributed by atoms with Gasteiger partial charge in [-0.3, -0.25) is 4.79 Å². The van der Waals surface area contributed by atoms with Gasteiger partial charge in [-0.25, -0.2) is 4.85 Å². The van der Waals surface area contributed by atoms with Crippen molar-refractivity contribution in [1.29, 1.82) is 5.26 Å². The van der Waals surface area contributed by atoms with Gasteiger partial charge in [0.15, 0.2) is 5.60 Å². The van der Waals surface area contributed by atoms with E-state index < -0.39 is 11.5 Å². The number of benzene rings is 2. The predicted octanol–water partition coefficient (Wildman–Crippen LogP) is 3.53. The Hall–Kier alpha value is -3.06. The van der Waals surface area contributed by atoms with Crippen LogP contribution in [0, 0.1) is 17.9 Å². The zero-order valence-electron chi connectivity index (χ0n) is 13.3. The van der Waals surface area contributed by atoms with Gasteiger partial charge in [0.2, 0.25) is 5.69 Å². The Morgan fingerprint density at radius 2 is 2.08 bits per heavy atom. The van der Waals surface area contributed by atoms with Crippen molar-refractivity contribution >= 4 is 28.9 Å². The van der Waals surface area contributed by atoms with Crippen LogP contribution in [0.15, 0.2) is 42.5 Å². The van der Waals surface area contributed by atoms with E-state index in [1.807, 2.05) is 6.07 Å². The third-order valence-electron chi connectivity index (χ3n) is 3.32. The Bertz CT molecular complexity index is 865. The number of anilines is 1. The first kappa shape index (κ1) is 18.3. The summed E-state index contributed by atoms with van der Waals surface area (Å²) in [5.74, 6) is -0.246. The summed E-state index contributed by atoms with van der Waals surface area (Å²) in [7, 11) is 0. The molecule has 0 fully saturated rings. The fourth-order valence-corrected chi connectivity index (χ4v) is 2.08. The van der Waals surface area contributed by atoms with E-state index in [1.165, 1.54) is 25.1 Å². The second kappa shape index (κ2) is 7.67. The van der Waals surface area contributed by atoms with E-state index in [1.54, 1.807) is 24.3 Å². The number of halogens is 1. The van der Waals surface area contributed by atoms with Crippen molar-refractivity contribution in [3.63, 3.8) is 0 Å². The molecule has 126 valence electrons. The SMILES string of the molecule is [C-]#[N+]c1ccc(NC(=O)C(C)(O)COc2ccc(C#N)cc2)cc1Cl. The first-order valence-corrected chi connectivity index (χ1v) is 7.57. The van der Waals surface area contributed by atoms with Gasteiger partial charge in [-0.05, 0) is 43.3 Å². The summed E-state index contributed by atoms with van der Waals surface area (Å²) in [4.78, 5) is 15.5. The van der Waals surface area contributed by atoms with Gasteiger partial charge >= 0.3 is 0 Å². The van der Waals surface area contributed by atoms with E-state index in [4.69, 9.17) is 28.2 Å². The topological polar surface area (TPSA) is 86.7 Å². The zero-order valence-corrected chi connectivity index (χ0v) is 14.0. The summed E-state index contributed by atoms with van der Waals surface area (Å²) in [5, 5.41) is 21.8. The number of carbonyl (C=O) groups excluding carboxylic acids is 1. The number of carbonyl (C=O) groups is 1. The fraction of sp³-hybridized carbons (Fsp3) is 0.167. The lowest BCUT2D eigenvalue weighted by Crippen LogP contribution is -2.45. The van der Waals surface area contributed by atoms with Crippen LogP contribution in [0.2, 0.25) is 5.02 Å². The number of nitrogens with one attached hydrogen (secondary N) is 1. The molecule has 25 heavy (non-hydrogen) atoms. The molecule has 0 aliphatic carbocycles. The molecule has 2 aromatic carbocycles. The Balaban J connectivity index is 2.00. The zero-order chi connectivity index (χ0) is 18.4. The predicted molar refractivity (Wildman–Crippen MR) is 93.6 cm³/mol. The number of nitrogens with zero attached hydrogens (tertiary/aromatic N) is 2. The van der Waals surface area contributed by atoms with Gasteiger partial charge in [0.1, 0.15) is 12.4 Å². The van der Waals surface area contributed by atoms with Crippen molar-refractivity contribution in [3.8, 4) is 11.8 Å². The van der Waals surface area contributed by atoms with Crippen molar-refractivity contribution in [1.82, 2.24) is 0 Å². The molecular weight excluding hydrogens is 342 g/mol. The minimum atomic E-state index is -1.79. The van der Waals surface area contributed by atoms with E-state index in [0.717, 1.165) is 0 Å². The van der Waals surface area contributed by atoms with E-state index in [9.17, 15) is 9.90 Å². The smallest absolute Gasteiger partial charge is 0.259 e. The summed E-state index contributed by atoms with van der Waals surface area (Å²) in [6.45, 7) is 7.98. The van der Waals surface area contributed by atoms with Crippen LogP contribution in [-0.4, -0.2) is 23.2 Å². The van der Waals surface area contributed by atoms with Crippen LogP contribution in [0.25, 0.3) is 4.85 Å². The molecule has 0 radical (unpaired) electrons. The van der Waals surface area contributed by atoms with Crippen molar-refractivity contribution in [2.45, 2.75) is 12.5 Å². The molecule has 0 bridgehead atoms. The molecule has 2 rings (SSSR count). The summed E-state index contributed by atoms with van der Waals surface area (Å²) in [6.07, 6.45) is 0. The Kier molecular flexibility index (Phi) is 5.61. The molecular formula is C18H14ClN3O3. The van der Waals surface area contributed by atoms with Gasteiger partial charge in [-0.15, -0.1) is 0 Å². The lowest BCUT2D eigenvalue weighted by molar-refractivity contribution is -0.135. The van der Waals surface area contributed by atoms with Crippen LogP contribution < -0.4 is 10.1 Å². The van der Waals surface area contributed by atoms with Crippen LogP contribution in [0.3, 0.4) is 0 Å². The van der Waals surface area contributed by atoms with Gasteiger partial charge < -0.3 is 15.2 Å². The van der Waals surface area contributed by atoms with E-state index >= 15 is 0 Å². The molecule has 1 amide bonds. The number of nitriles is 1. The van der Waals surface area contributed by atoms with Crippen LogP contribution in [0.4, 0.5) is 11.4 Å². The maximum absolute atomic E-state index is 12.2. The summed E-state index contributed by atoms with van der Waals surface area (Å²) in [6, 6.07) is 12.7. The Labute approximate surface area is 150 Å². The Morgan fingerprint density at radius 3 is 2.64 bits per heavy atom. The first-order valence-electron chi connectivity index (χ1n) is 7.19. The summed E-state index contributed by atoms with van der Waals surface area (Å²) < 4.78 is 5.40. The number of rotatable bonds is 5. The molecule has 0 aromatic heterocycles. The molecule has 0 heterocycles. The van der Waals surface area contributed by atoms with Crippen LogP contribution in [-0.2, 0) is 4.79 Å². The molecule has 6 nitrogen and oxygen atoms in total. The van der Waals surface area contributed by atoms with Gasteiger partial charge in [0.05, 0.1) is 18.2 Å². The largest absolute Gasteiger partial charge is 0.490 e. The van der Waals surface area contributed by atoms with Gasteiger partial charge in [-0.2, -0.15) is 5.26 Å². The second-order valence-corrected chi connectivity index (χ2v) is 5.84. The molecule has 0 aliphatic heterocycles. The minimum absolute atomic E-state index is 0.210. The number of hydrogen-bond donors (Lipinski definition) is 2. The van der Waals surface area contributed by atoms with Crippen molar-refractivity contribution in [2.75, 3.05) is 11.9 Å². The van der Waals surface area contributed by atoms with Crippen LogP contribution in [0.5, 0.6) is 5.75 Å². The van der Waals surface area contributed by atoms with Crippen molar-refractivity contribution in [3.05, 3.63) is 64.5 Å². The third-order valence-corrected chi connectivity index (χ3v) is 3.62. The van der Waals surface area contributed by atoms with Gasteiger partial charge in [0, 0.05) is 10.7 Å². The highest BCUT2D eigenvalue weighted by atomic mass is 35.5. The highest BCUT2D eigenvalue weighted by Crippen LogP contribution is 2.28. The number of hydrogen-bond acceptors (Lipinski definition) is 4. The van der Waals surface area contributed by atoms with Crippen LogP contribution in [0.1, 0.15) is 12.5 Å². The van der Waals surface area contributed by atoms with Gasteiger partial charge in [0.25, 0.3) is 5.91 Å². The van der Waals surface area contributed by atoms with Crippen molar-refractivity contribution in [2.24, 2.45) is 0 Å². The second-order valence-electron chi connectivity index (χ2n) is 5.43. The van der Waals surface area contributed by atoms with E-state index in [-0.39, 0.29) is 17.3 Å². The number of aliphatic hydroxyl groups is 1. The molecule has 0 aliphatic rings. The van der Waals surface area contributed by atoms with Crippen LogP contribution >= 0.6 is 11.6 Å². The molecule has 2 N–H and O–H groups in total. The number of ether oxygens (including phenoxy) is 1. The number of amides is 1. The molecule has 0 saturated carbocycles. The van der Waals surface area contributed by atoms with Crippen molar-refractivity contribution < 1.29 is 14.6 Å². The average Bonchev–Trinajstić information content (AvgIpc) is 2.60. The average molecular weight is 356 g/mol. The highest BCUT2D eigenvalue weighted by molar-refractivity contribution is 6.33. The van der Waals surface area contributed by atoms with E-state index in [0.29, 0.717) is 17.0 Å². The molecule has 0 spiro atoms. The quantitative estimate of drug-likeness (QED) is 0.803. The lowest BCUT2D eigenvalue weighted by Gasteiger charge is -2.22. The molecule has 1 unspecified atom stereocenters.